The summed E-state index contributed by atoms with van der Waals surface area (Å²) in [7, 11) is 1.98. The van der Waals surface area contributed by atoms with Crippen molar-refractivity contribution in [3.05, 3.63) is 35.1 Å². The Labute approximate surface area is 111 Å². The normalized spacial score (nSPS) is 12.7. The zero-order chi connectivity index (χ0) is 13.4. The number of hydrogen-bond acceptors (Lipinski definition) is 1. The molecule has 0 heterocycles. The van der Waals surface area contributed by atoms with Gasteiger partial charge >= 0.3 is 0 Å². The van der Waals surface area contributed by atoms with Crippen LogP contribution < -0.4 is 5.32 Å². The van der Waals surface area contributed by atoms with Crippen LogP contribution >= 0.6 is 0 Å². The average Bonchev–Trinajstić information content (AvgIpc) is 2.37. The zero-order valence-electron chi connectivity index (χ0n) is 11.9. The number of rotatable bonds is 8. The SMILES string of the molecule is CCCCCCCC(NC)c1ccc(F)c(C)c1. The van der Waals surface area contributed by atoms with E-state index in [-0.39, 0.29) is 5.82 Å². The molecule has 1 rings (SSSR count). The first-order valence-electron chi connectivity index (χ1n) is 7.12. The van der Waals surface area contributed by atoms with Gasteiger partial charge in [-0.1, -0.05) is 51.2 Å². The molecule has 0 saturated carbocycles. The molecule has 0 amide bonds. The topological polar surface area (TPSA) is 12.0 Å². The van der Waals surface area contributed by atoms with Crippen molar-refractivity contribution in [3.63, 3.8) is 0 Å². The minimum atomic E-state index is -0.114. The van der Waals surface area contributed by atoms with Gasteiger partial charge in [-0.3, -0.25) is 0 Å². The maximum atomic E-state index is 13.2. The van der Waals surface area contributed by atoms with Crippen molar-refractivity contribution in [1.29, 1.82) is 0 Å². The van der Waals surface area contributed by atoms with Gasteiger partial charge in [0.1, 0.15) is 5.82 Å². The van der Waals surface area contributed by atoms with E-state index in [9.17, 15) is 4.39 Å². The van der Waals surface area contributed by atoms with Gasteiger partial charge < -0.3 is 5.32 Å². The second-order valence-electron chi connectivity index (χ2n) is 5.05. The molecule has 0 bridgehead atoms. The lowest BCUT2D eigenvalue weighted by molar-refractivity contribution is 0.499. The number of unbranched alkanes of at least 4 members (excludes halogenated alkanes) is 4. The monoisotopic (exact) mass is 251 g/mol. The third-order valence-corrected chi connectivity index (χ3v) is 3.53. The molecule has 0 aliphatic rings. The largest absolute Gasteiger partial charge is 0.313 e. The van der Waals surface area contributed by atoms with Crippen LogP contribution in [0.4, 0.5) is 4.39 Å². The Morgan fingerprint density at radius 1 is 1.17 bits per heavy atom. The van der Waals surface area contributed by atoms with Crippen molar-refractivity contribution >= 4 is 0 Å². The van der Waals surface area contributed by atoms with Crippen LogP contribution in [0.3, 0.4) is 0 Å². The summed E-state index contributed by atoms with van der Waals surface area (Å²) in [6.45, 7) is 4.06. The molecule has 102 valence electrons. The molecule has 0 aromatic heterocycles. The summed E-state index contributed by atoms with van der Waals surface area (Å²) < 4.78 is 13.2. The van der Waals surface area contributed by atoms with Crippen LogP contribution in [0, 0.1) is 12.7 Å². The fourth-order valence-corrected chi connectivity index (χ4v) is 2.31. The van der Waals surface area contributed by atoms with Crippen LogP contribution in [0.15, 0.2) is 18.2 Å². The number of benzene rings is 1. The lowest BCUT2D eigenvalue weighted by Crippen LogP contribution is -2.16. The molecule has 1 unspecified atom stereocenters. The van der Waals surface area contributed by atoms with Crippen molar-refractivity contribution in [3.8, 4) is 0 Å². The van der Waals surface area contributed by atoms with E-state index in [2.05, 4.69) is 12.2 Å². The van der Waals surface area contributed by atoms with Crippen molar-refractivity contribution in [2.24, 2.45) is 0 Å². The number of aryl methyl sites for hydroxylation is 1. The lowest BCUT2D eigenvalue weighted by Gasteiger charge is -2.17. The Morgan fingerprint density at radius 3 is 2.50 bits per heavy atom. The Kier molecular flexibility index (Phi) is 6.96. The highest BCUT2D eigenvalue weighted by Gasteiger charge is 2.10. The first-order valence-corrected chi connectivity index (χ1v) is 7.12. The van der Waals surface area contributed by atoms with Gasteiger partial charge in [0, 0.05) is 6.04 Å². The fourth-order valence-electron chi connectivity index (χ4n) is 2.31. The molecule has 1 aromatic rings. The first-order chi connectivity index (χ1) is 8.69. The molecule has 1 nitrogen and oxygen atoms in total. The van der Waals surface area contributed by atoms with Gasteiger partial charge in [-0.05, 0) is 37.6 Å². The van der Waals surface area contributed by atoms with Crippen molar-refractivity contribution in [2.75, 3.05) is 7.05 Å². The van der Waals surface area contributed by atoms with E-state index < -0.39 is 0 Å². The predicted molar refractivity (Wildman–Crippen MR) is 76.3 cm³/mol. The standard InChI is InChI=1S/C16H26FN/c1-4-5-6-7-8-9-16(18-3)14-10-11-15(17)13(2)12-14/h10-12,16,18H,4-9H2,1-3H3. The van der Waals surface area contributed by atoms with Crippen molar-refractivity contribution in [1.82, 2.24) is 5.32 Å². The molecule has 1 aromatic carbocycles. The molecule has 0 spiro atoms. The lowest BCUT2D eigenvalue weighted by atomic mass is 9.98. The summed E-state index contributed by atoms with van der Waals surface area (Å²) in [5.74, 6) is -0.114. The number of halogens is 1. The van der Waals surface area contributed by atoms with Gasteiger partial charge in [0.15, 0.2) is 0 Å². The average molecular weight is 251 g/mol. The van der Waals surface area contributed by atoms with Gasteiger partial charge in [0.05, 0.1) is 0 Å². The molecule has 1 N–H and O–H groups in total. The third kappa shape index (κ3) is 4.77. The molecule has 0 aliphatic carbocycles. The molecule has 18 heavy (non-hydrogen) atoms. The molecule has 0 saturated heterocycles. The molecule has 0 fully saturated rings. The molecular formula is C16H26FN. The van der Waals surface area contributed by atoms with Crippen LogP contribution in [0.1, 0.15) is 62.6 Å². The van der Waals surface area contributed by atoms with E-state index in [4.69, 9.17) is 0 Å². The minimum absolute atomic E-state index is 0.114. The Morgan fingerprint density at radius 2 is 1.89 bits per heavy atom. The second-order valence-corrected chi connectivity index (χ2v) is 5.05. The van der Waals surface area contributed by atoms with Crippen LogP contribution in [0.25, 0.3) is 0 Å². The third-order valence-electron chi connectivity index (χ3n) is 3.53. The summed E-state index contributed by atoms with van der Waals surface area (Å²) in [6.07, 6.45) is 7.61. The minimum Gasteiger partial charge on any atom is -0.313 e. The maximum Gasteiger partial charge on any atom is 0.126 e. The highest BCUT2D eigenvalue weighted by Crippen LogP contribution is 2.22. The Balaban J connectivity index is 2.47. The Hall–Kier alpha value is -0.890. The molecular weight excluding hydrogens is 225 g/mol. The molecule has 2 heteroatoms. The maximum absolute atomic E-state index is 13.2. The molecule has 0 radical (unpaired) electrons. The quantitative estimate of drug-likeness (QED) is 0.657. The van der Waals surface area contributed by atoms with Gasteiger partial charge in [-0.25, -0.2) is 4.39 Å². The van der Waals surface area contributed by atoms with Gasteiger partial charge in [0.25, 0.3) is 0 Å². The van der Waals surface area contributed by atoms with Crippen molar-refractivity contribution in [2.45, 2.75) is 58.4 Å². The second kappa shape index (κ2) is 8.25. The highest BCUT2D eigenvalue weighted by atomic mass is 19.1. The summed E-state index contributed by atoms with van der Waals surface area (Å²) in [5.41, 5.74) is 1.94. The van der Waals surface area contributed by atoms with E-state index in [1.54, 1.807) is 6.07 Å². The number of nitrogens with one attached hydrogen (secondary N) is 1. The highest BCUT2D eigenvalue weighted by molar-refractivity contribution is 5.26. The van der Waals surface area contributed by atoms with Gasteiger partial charge in [-0.15, -0.1) is 0 Å². The van der Waals surface area contributed by atoms with E-state index in [0.717, 1.165) is 12.0 Å². The summed E-state index contributed by atoms with van der Waals surface area (Å²) in [4.78, 5) is 0. The van der Waals surface area contributed by atoms with Crippen LogP contribution in [0.2, 0.25) is 0 Å². The smallest absolute Gasteiger partial charge is 0.126 e. The zero-order valence-corrected chi connectivity index (χ0v) is 11.9. The van der Waals surface area contributed by atoms with Crippen LogP contribution in [-0.2, 0) is 0 Å². The van der Waals surface area contributed by atoms with E-state index in [0.29, 0.717) is 6.04 Å². The van der Waals surface area contributed by atoms with Gasteiger partial charge in [0.2, 0.25) is 0 Å². The predicted octanol–water partition coefficient (Wildman–Crippen LogP) is 4.76. The van der Waals surface area contributed by atoms with Crippen LogP contribution in [-0.4, -0.2) is 7.05 Å². The van der Waals surface area contributed by atoms with Crippen molar-refractivity contribution < 1.29 is 4.39 Å². The Bertz CT molecular complexity index is 349. The van der Waals surface area contributed by atoms with E-state index in [1.807, 2.05) is 26.1 Å². The summed E-state index contributed by atoms with van der Waals surface area (Å²) in [5, 5.41) is 3.33. The van der Waals surface area contributed by atoms with Gasteiger partial charge in [-0.2, -0.15) is 0 Å². The summed E-state index contributed by atoms with van der Waals surface area (Å²) >= 11 is 0. The summed E-state index contributed by atoms with van der Waals surface area (Å²) in [6, 6.07) is 5.79. The number of hydrogen-bond donors (Lipinski definition) is 1. The molecule has 0 aliphatic heterocycles. The molecule has 1 atom stereocenters. The first kappa shape index (κ1) is 15.2. The fraction of sp³-hybridized carbons (Fsp3) is 0.625. The van der Waals surface area contributed by atoms with E-state index >= 15 is 0 Å². The van der Waals surface area contributed by atoms with Crippen LogP contribution in [0.5, 0.6) is 0 Å². The van der Waals surface area contributed by atoms with E-state index in [1.165, 1.54) is 37.7 Å².